The van der Waals surface area contributed by atoms with Gasteiger partial charge in [-0.1, -0.05) is 24.3 Å². The molecule has 3 aromatic rings. The molecule has 146 valence electrons. The first kappa shape index (κ1) is 18.8. The first-order valence-corrected chi connectivity index (χ1v) is 10.5. The zero-order chi connectivity index (χ0) is 19.5. The van der Waals surface area contributed by atoms with Crippen molar-refractivity contribution in [2.24, 2.45) is 7.05 Å². The molecule has 0 spiro atoms. The maximum Gasteiger partial charge on any atom is 0.317 e. The Morgan fingerprint density at radius 2 is 1.82 bits per heavy atom. The topological polar surface area (TPSA) is 55.2 Å². The van der Waals surface area contributed by atoms with Crippen LogP contribution in [0.5, 0.6) is 0 Å². The Kier molecular flexibility index (Phi) is 5.54. The summed E-state index contributed by atoms with van der Waals surface area (Å²) in [6.07, 6.45) is 0. The highest BCUT2D eigenvalue weighted by Crippen LogP contribution is 2.27. The quantitative estimate of drug-likeness (QED) is 0.514. The molecule has 2 heterocycles. The van der Waals surface area contributed by atoms with Crippen molar-refractivity contribution in [2.75, 3.05) is 49.2 Å². The summed E-state index contributed by atoms with van der Waals surface area (Å²) in [6.45, 7) is 4.02. The van der Waals surface area contributed by atoms with E-state index in [2.05, 4.69) is 43.8 Å². The van der Waals surface area contributed by atoms with Gasteiger partial charge in [0.05, 0.1) is 24.2 Å². The van der Waals surface area contributed by atoms with Gasteiger partial charge in [0, 0.05) is 26.2 Å². The van der Waals surface area contributed by atoms with Crippen LogP contribution in [-0.4, -0.2) is 54.8 Å². The van der Waals surface area contributed by atoms with Crippen LogP contribution >= 0.6 is 11.8 Å². The van der Waals surface area contributed by atoms with Crippen LogP contribution in [0.4, 0.5) is 11.4 Å². The Labute approximate surface area is 169 Å². The molecule has 7 heteroatoms. The minimum atomic E-state index is 0.00485. The largest absolute Gasteiger partial charge is 0.367 e. The highest BCUT2D eigenvalue weighted by atomic mass is 32.2. The number of carbonyl (C=O) groups excluding carboxylic acids is 1. The second-order valence-corrected chi connectivity index (χ2v) is 8.11. The first-order chi connectivity index (χ1) is 13.6. The van der Waals surface area contributed by atoms with Crippen LogP contribution in [0.1, 0.15) is 0 Å². The Bertz CT molecular complexity index is 978. The second kappa shape index (κ2) is 8.24. The van der Waals surface area contributed by atoms with Crippen LogP contribution in [0.25, 0.3) is 11.0 Å². The number of hydrogen-bond donors (Lipinski definition) is 2. The second-order valence-electron chi connectivity index (χ2n) is 7.15. The van der Waals surface area contributed by atoms with Crippen molar-refractivity contribution in [1.82, 2.24) is 9.88 Å². The Balaban J connectivity index is 1.42. The van der Waals surface area contributed by atoms with Crippen LogP contribution < -0.4 is 14.8 Å². The maximum absolute atomic E-state index is 12.6. The van der Waals surface area contributed by atoms with E-state index in [4.69, 9.17) is 0 Å². The molecule has 2 aromatic carbocycles. The number of imidazole rings is 1. The predicted molar refractivity (Wildman–Crippen MR) is 115 cm³/mol. The van der Waals surface area contributed by atoms with Gasteiger partial charge in [-0.05, 0) is 43.1 Å². The van der Waals surface area contributed by atoms with Gasteiger partial charge >= 0.3 is 5.16 Å². The SMILES string of the molecule is CN1CCN(c2ccccc2NC(=O)CSc2[nH]c3ccccc3[n+]2C)CC1. The van der Waals surface area contributed by atoms with E-state index >= 15 is 0 Å². The molecule has 6 nitrogen and oxygen atoms in total. The molecule has 0 saturated carbocycles. The van der Waals surface area contributed by atoms with Crippen molar-refractivity contribution in [3.8, 4) is 0 Å². The van der Waals surface area contributed by atoms with Gasteiger partial charge in [0.2, 0.25) is 5.91 Å². The molecule has 0 aliphatic carbocycles. The summed E-state index contributed by atoms with van der Waals surface area (Å²) in [4.78, 5) is 20.7. The lowest BCUT2D eigenvalue weighted by atomic mass is 10.2. The summed E-state index contributed by atoms with van der Waals surface area (Å²) in [6, 6.07) is 16.2. The number of para-hydroxylation sites is 4. The van der Waals surface area contributed by atoms with Crippen molar-refractivity contribution in [2.45, 2.75) is 5.16 Å². The molecular weight excluding hydrogens is 370 g/mol. The third-order valence-corrected chi connectivity index (χ3v) is 6.23. The van der Waals surface area contributed by atoms with Gasteiger partial charge in [-0.2, -0.15) is 0 Å². The normalized spacial score (nSPS) is 15.1. The van der Waals surface area contributed by atoms with Gasteiger partial charge in [-0.25, -0.2) is 9.55 Å². The number of aryl methyl sites for hydroxylation is 1. The van der Waals surface area contributed by atoms with E-state index in [1.807, 2.05) is 43.4 Å². The molecule has 1 aliphatic heterocycles. The third-order valence-electron chi connectivity index (χ3n) is 5.17. The number of thioether (sulfide) groups is 1. The summed E-state index contributed by atoms with van der Waals surface area (Å²) in [5.41, 5.74) is 4.20. The lowest BCUT2D eigenvalue weighted by molar-refractivity contribution is -0.683. The lowest BCUT2D eigenvalue weighted by Crippen LogP contribution is -2.44. The fraction of sp³-hybridized carbons (Fsp3) is 0.333. The smallest absolute Gasteiger partial charge is 0.317 e. The van der Waals surface area contributed by atoms with Crippen molar-refractivity contribution in [1.29, 1.82) is 0 Å². The number of H-pyrrole nitrogens is 1. The number of nitrogens with zero attached hydrogens (tertiary/aromatic N) is 3. The number of benzene rings is 2. The monoisotopic (exact) mass is 396 g/mol. The van der Waals surface area contributed by atoms with Gasteiger partial charge in [0.15, 0.2) is 11.0 Å². The van der Waals surface area contributed by atoms with Crippen LogP contribution in [0.2, 0.25) is 0 Å². The maximum atomic E-state index is 12.6. The van der Waals surface area contributed by atoms with E-state index < -0.39 is 0 Å². The molecular formula is C21H26N5OS+. The standard InChI is InChI=1S/C21H25N5OS/c1-24-11-13-26(14-12-24)19-10-6-4-8-17(19)22-20(27)15-28-21-23-16-7-3-5-9-18(16)25(21)2/h3-10H,11-15H2,1-2H3,(H,22,27)/p+1. The number of piperazine rings is 1. The number of aromatic amines is 1. The zero-order valence-corrected chi connectivity index (χ0v) is 17.1. The first-order valence-electron chi connectivity index (χ1n) is 9.54. The van der Waals surface area contributed by atoms with Crippen LogP contribution in [-0.2, 0) is 11.8 Å². The number of amides is 1. The molecule has 0 atom stereocenters. The summed E-state index contributed by atoms with van der Waals surface area (Å²) >= 11 is 1.52. The van der Waals surface area contributed by atoms with Crippen molar-refractivity contribution >= 4 is 40.1 Å². The predicted octanol–water partition coefficient (Wildman–Crippen LogP) is 2.48. The van der Waals surface area contributed by atoms with Crippen molar-refractivity contribution in [3.05, 3.63) is 48.5 Å². The van der Waals surface area contributed by atoms with Crippen LogP contribution in [0.15, 0.2) is 53.7 Å². The molecule has 0 unspecified atom stereocenters. The van der Waals surface area contributed by atoms with Crippen molar-refractivity contribution < 1.29 is 9.36 Å². The molecule has 1 fully saturated rings. The third kappa shape index (κ3) is 4.00. The van der Waals surface area contributed by atoms with Gasteiger partial charge in [0.25, 0.3) is 0 Å². The average molecular weight is 397 g/mol. The molecule has 0 radical (unpaired) electrons. The summed E-state index contributed by atoms with van der Waals surface area (Å²) in [7, 11) is 4.16. The average Bonchev–Trinajstić information content (AvgIpc) is 3.04. The fourth-order valence-corrected chi connectivity index (χ4v) is 4.35. The van der Waals surface area contributed by atoms with Gasteiger partial charge in [-0.15, -0.1) is 0 Å². The number of nitrogens with one attached hydrogen (secondary N) is 2. The minimum Gasteiger partial charge on any atom is -0.367 e. The molecule has 1 amide bonds. The Hall–Kier alpha value is -2.51. The van der Waals surface area contributed by atoms with E-state index in [9.17, 15) is 4.79 Å². The van der Waals surface area contributed by atoms with Gasteiger partial charge < -0.3 is 15.1 Å². The zero-order valence-electron chi connectivity index (χ0n) is 16.3. The number of hydrogen-bond acceptors (Lipinski definition) is 4. The number of aromatic nitrogens is 2. The van der Waals surface area contributed by atoms with Crippen LogP contribution in [0.3, 0.4) is 0 Å². The Morgan fingerprint density at radius 1 is 1.11 bits per heavy atom. The molecule has 2 N–H and O–H groups in total. The number of anilines is 2. The molecule has 1 aromatic heterocycles. The van der Waals surface area contributed by atoms with Gasteiger partial charge in [-0.3, -0.25) is 4.79 Å². The van der Waals surface area contributed by atoms with E-state index in [1.54, 1.807) is 0 Å². The Morgan fingerprint density at radius 3 is 2.61 bits per heavy atom. The fourth-order valence-electron chi connectivity index (χ4n) is 3.54. The number of fused-ring (bicyclic) bond motifs is 1. The lowest BCUT2D eigenvalue weighted by Gasteiger charge is -2.35. The molecule has 0 bridgehead atoms. The van der Waals surface area contributed by atoms with E-state index in [0.717, 1.165) is 53.7 Å². The highest BCUT2D eigenvalue weighted by Gasteiger charge is 2.19. The summed E-state index contributed by atoms with van der Waals surface area (Å²) in [5, 5.41) is 4.08. The van der Waals surface area contributed by atoms with E-state index in [1.165, 1.54) is 11.8 Å². The highest BCUT2D eigenvalue weighted by molar-refractivity contribution is 7.99. The molecule has 28 heavy (non-hydrogen) atoms. The number of carbonyl (C=O) groups is 1. The summed E-state index contributed by atoms with van der Waals surface area (Å²) in [5.74, 6) is 0.364. The van der Waals surface area contributed by atoms with Crippen LogP contribution in [0, 0.1) is 0 Å². The molecule has 4 rings (SSSR count). The molecule has 1 aliphatic rings. The molecule has 1 saturated heterocycles. The van der Waals surface area contributed by atoms with Gasteiger partial charge in [0.1, 0.15) is 0 Å². The summed E-state index contributed by atoms with van der Waals surface area (Å²) < 4.78 is 2.09. The number of rotatable bonds is 5. The number of likely N-dealkylation sites (N-methyl/N-ethyl adjacent to an activating group) is 1. The van der Waals surface area contributed by atoms with E-state index in [-0.39, 0.29) is 5.91 Å². The van der Waals surface area contributed by atoms with Crippen molar-refractivity contribution in [3.63, 3.8) is 0 Å². The van der Waals surface area contributed by atoms with E-state index in [0.29, 0.717) is 5.75 Å². The minimum absolute atomic E-state index is 0.00485.